The molecule has 0 aromatic carbocycles. The van der Waals surface area contributed by atoms with Crippen LogP contribution in [0.25, 0.3) is 11.5 Å². The Bertz CT molecular complexity index is 522. The first-order valence-electron chi connectivity index (χ1n) is 7.17. The maximum Gasteiger partial charge on any atom is 0.152 e. The molecule has 6 nitrogen and oxygen atoms in total. The summed E-state index contributed by atoms with van der Waals surface area (Å²) in [6.45, 7) is 5.63. The Morgan fingerprint density at radius 2 is 2.19 bits per heavy atom. The van der Waals surface area contributed by atoms with E-state index in [2.05, 4.69) is 15.5 Å². The third-order valence-electron chi connectivity index (χ3n) is 3.09. The smallest absolute Gasteiger partial charge is 0.152 e. The monoisotopic (exact) mass is 293 g/mol. The van der Waals surface area contributed by atoms with Crippen LogP contribution in [0.15, 0.2) is 22.7 Å². The van der Waals surface area contributed by atoms with Crippen LogP contribution in [-0.2, 0) is 16.0 Å². The van der Waals surface area contributed by atoms with Gasteiger partial charge in [-0.05, 0) is 32.0 Å². The Kier molecular flexibility index (Phi) is 6.46. The minimum Gasteiger partial charge on any atom is -0.460 e. The molecule has 0 aliphatic rings. The van der Waals surface area contributed by atoms with Crippen molar-refractivity contribution in [3.63, 3.8) is 0 Å². The fourth-order valence-electron chi connectivity index (χ4n) is 1.99. The van der Waals surface area contributed by atoms with Gasteiger partial charge in [-0.15, -0.1) is 0 Å². The van der Waals surface area contributed by atoms with Crippen molar-refractivity contribution in [2.75, 3.05) is 33.5 Å². The molecule has 0 aliphatic carbocycles. The largest absolute Gasteiger partial charge is 0.460 e. The summed E-state index contributed by atoms with van der Waals surface area (Å²) in [5.41, 5.74) is 2.04. The molecule has 2 aromatic rings. The van der Waals surface area contributed by atoms with Gasteiger partial charge in [0.05, 0.1) is 19.4 Å². The summed E-state index contributed by atoms with van der Waals surface area (Å²) in [7, 11) is 1.67. The van der Waals surface area contributed by atoms with Crippen molar-refractivity contribution in [3.8, 4) is 11.5 Å². The number of nitrogens with zero attached hydrogens (tertiary/aromatic N) is 1. The summed E-state index contributed by atoms with van der Waals surface area (Å²) in [5, 5.41) is 10.5. The number of nitrogens with one attached hydrogen (secondary N) is 2. The number of methoxy groups -OCH3 is 1. The first kappa shape index (κ1) is 15.8. The molecule has 6 heteroatoms. The van der Waals surface area contributed by atoms with E-state index in [4.69, 9.17) is 13.9 Å². The second-order valence-electron chi connectivity index (χ2n) is 4.82. The van der Waals surface area contributed by atoms with E-state index in [-0.39, 0.29) is 0 Å². The lowest BCUT2D eigenvalue weighted by molar-refractivity contribution is 0.0695. The van der Waals surface area contributed by atoms with Gasteiger partial charge < -0.3 is 19.2 Å². The van der Waals surface area contributed by atoms with Gasteiger partial charge in [-0.1, -0.05) is 0 Å². The number of rotatable bonds is 10. The first-order chi connectivity index (χ1) is 10.3. The Morgan fingerprint density at radius 1 is 1.29 bits per heavy atom. The highest BCUT2D eigenvalue weighted by Gasteiger charge is 2.10. The highest BCUT2D eigenvalue weighted by Crippen LogP contribution is 2.23. The number of aromatic nitrogens is 2. The number of hydrogen-bond acceptors (Lipinski definition) is 5. The first-order valence-corrected chi connectivity index (χ1v) is 7.17. The van der Waals surface area contributed by atoms with E-state index in [1.54, 1.807) is 7.11 Å². The molecule has 0 fully saturated rings. The lowest BCUT2D eigenvalue weighted by atomic mass is 10.2. The Balaban J connectivity index is 1.69. The quantitative estimate of drug-likeness (QED) is 0.657. The van der Waals surface area contributed by atoms with Gasteiger partial charge in [0.1, 0.15) is 11.5 Å². The molecular formula is C15H23N3O3. The molecule has 2 aromatic heterocycles. The van der Waals surface area contributed by atoms with Gasteiger partial charge >= 0.3 is 0 Å². The van der Waals surface area contributed by atoms with E-state index in [0.29, 0.717) is 13.2 Å². The van der Waals surface area contributed by atoms with Gasteiger partial charge in [0.15, 0.2) is 5.76 Å². The predicted octanol–water partition coefficient (Wildman–Crippen LogP) is 2.12. The lowest BCUT2D eigenvalue weighted by Crippen LogP contribution is -2.17. The van der Waals surface area contributed by atoms with Crippen molar-refractivity contribution in [2.45, 2.75) is 19.9 Å². The predicted molar refractivity (Wildman–Crippen MR) is 80.0 cm³/mol. The van der Waals surface area contributed by atoms with E-state index in [1.165, 1.54) is 0 Å². The third-order valence-corrected chi connectivity index (χ3v) is 3.09. The Hall–Kier alpha value is -1.63. The fraction of sp³-hybridized carbons (Fsp3) is 0.533. The number of furan rings is 1. The van der Waals surface area contributed by atoms with Crippen LogP contribution < -0.4 is 5.32 Å². The van der Waals surface area contributed by atoms with Crippen molar-refractivity contribution in [1.29, 1.82) is 0 Å². The Labute approximate surface area is 124 Å². The summed E-state index contributed by atoms with van der Waals surface area (Å²) in [6.07, 6.45) is 2.80. The topological polar surface area (TPSA) is 72.3 Å². The maximum atomic E-state index is 5.62. The molecule has 0 saturated carbocycles. The van der Waals surface area contributed by atoms with Gasteiger partial charge in [0.25, 0.3) is 0 Å². The van der Waals surface area contributed by atoms with Gasteiger partial charge in [-0.2, -0.15) is 5.10 Å². The molecular weight excluding hydrogens is 270 g/mol. The van der Waals surface area contributed by atoms with Crippen LogP contribution in [0.3, 0.4) is 0 Å². The zero-order chi connectivity index (χ0) is 14.9. The van der Waals surface area contributed by atoms with Crippen LogP contribution in [0.5, 0.6) is 0 Å². The summed E-state index contributed by atoms with van der Waals surface area (Å²) < 4.78 is 15.9. The van der Waals surface area contributed by atoms with Crippen molar-refractivity contribution in [2.24, 2.45) is 0 Å². The molecule has 0 aliphatic heterocycles. The average molecular weight is 293 g/mol. The van der Waals surface area contributed by atoms with Crippen LogP contribution in [0.1, 0.15) is 17.7 Å². The molecule has 116 valence electrons. The highest BCUT2D eigenvalue weighted by molar-refractivity contribution is 5.56. The second-order valence-corrected chi connectivity index (χ2v) is 4.82. The van der Waals surface area contributed by atoms with Crippen LogP contribution in [0.4, 0.5) is 0 Å². The number of hydrogen-bond donors (Lipinski definition) is 2. The van der Waals surface area contributed by atoms with Crippen LogP contribution in [0.2, 0.25) is 0 Å². The van der Waals surface area contributed by atoms with Crippen molar-refractivity contribution in [3.05, 3.63) is 29.7 Å². The van der Waals surface area contributed by atoms with E-state index >= 15 is 0 Å². The highest BCUT2D eigenvalue weighted by atomic mass is 16.5. The summed E-state index contributed by atoms with van der Waals surface area (Å²) in [6, 6.07) is 3.90. The normalized spacial score (nSPS) is 11.1. The molecule has 2 heterocycles. The standard InChI is InChI=1S/C15H23N3O3/c1-12-4-5-14(21-12)15-13(11-17-18-15)10-16-6-3-7-20-9-8-19-2/h4-5,11,16H,3,6-10H2,1-2H3,(H,17,18). The maximum absolute atomic E-state index is 5.62. The molecule has 0 radical (unpaired) electrons. The van der Waals surface area contributed by atoms with Gasteiger partial charge in [-0.3, -0.25) is 5.10 Å². The van der Waals surface area contributed by atoms with Crippen molar-refractivity contribution < 1.29 is 13.9 Å². The molecule has 0 atom stereocenters. The molecule has 21 heavy (non-hydrogen) atoms. The molecule has 2 rings (SSSR count). The zero-order valence-corrected chi connectivity index (χ0v) is 12.6. The SMILES string of the molecule is COCCOCCCNCc1cn[nH]c1-c1ccc(C)o1. The lowest BCUT2D eigenvalue weighted by Gasteiger charge is -2.05. The Morgan fingerprint density at radius 3 is 2.95 bits per heavy atom. The van der Waals surface area contributed by atoms with Crippen LogP contribution in [-0.4, -0.2) is 43.7 Å². The molecule has 0 bridgehead atoms. The fourth-order valence-corrected chi connectivity index (χ4v) is 1.99. The summed E-state index contributed by atoms with van der Waals surface area (Å²) in [4.78, 5) is 0. The van der Waals surface area contributed by atoms with Crippen LogP contribution >= 0.6 is 0 Å². The van der Waals surface area contributed by atoms with Crippen molar-refractivity contribution >= 4 is 0 Å². The van der Waals surface area contributed by atoms with E-state index in [1.807, 2.05) is 25.3 Å². The van der Waals surface area contributed by atoms with E-state index in [0.717, 1.165) is 48.9 Å². The van der Waals surface area contributed by atoms with Gasteiger partial charge in [0.2, 0.25) is 0 Å². The van der Waals surface area contributed by atoms with Crippen LogP contribution in [0, 0.1) is 6.92 Å². The molecule has 0 saturated heterocycles. The number of aromatic amines is 1. The molecule has 0 amide bonds. The zero-order valence-electron chi connectivity index (χ0n) is 12.6. The second kappa shape index (κ2) is 8.61. The van der Waals surface area contributed by atoms with Gasteiger partial charge in [0, 0.05) is 25.8 Å². The number of aryl methyl sites for hydroxylation is 1. The van der Waals surface area contributed by atoms with E-state index in [9.17, 15) is 0 Å². The minimum absolute atomic E-state index is 0.647. The molecule has 0 unspecified atom stereocenters. The average Bonchev–Trinajstić information content (AvgIpc) is 3.10. The number of H-pyrrole nitrogens is 1. The number of ether oxygens (including phenoxy) is 2. The van der Waals surface area contributed by atoms with Crippen molar-refractivity contribution in [1.82, 2.24) is 15.5 Å². The van der Waals surface area contributed by atoms with E-state index < -0.39 is 0 Å². The third kappa shape index (κ3) is 5.00. The molecule has 0 spiro atoms. The van der Waals surface area contributed by atoms with Gasteiger partial charge in [-0.25, -0.2) is 0 Å². The molecule has 2 N–H and O–H groups in total. The summed E-state index contributed by atoms with van der Waals surface area (Å²) in [5.74, 6) is 1.72. The minimum atomic E-state index is 0.647. The summed E-state index contributed by atoms with van der Waals surface area (Å²) >= 11 is 0.